The fourth-order valence-corrected chi connectivity index (χ4v) is 10.7. The number of thiazole rings is 1. The highest BCUT2D eigenvalue weighted by atomic mass is 32.2. The number of nitrogens with zero attached hydrogens (tertiary/aromatic N) is 5. The van der Waals surface area contributed by atoms with Crippen LogP contribution in [0.5, 0.6) is 0 Å². The van der Waals surface area contributed by atoms with Crippen LogP contribution in [-0.2, 0) is 31.0 Å². The third-order valence-corrected chi connectivity index (χ3v) is 15.3. The van der Waals surface area contributed by atoms with Gasteiger partial charge >= 0.3 is 6.03 Å². The van der Waals surface area contributed by atoms with Gasteiger partial charge in [-0.3, -0.25) is 19.4 Å². The molecule has 0 spiro atoms. The first-order valence-electron chi connectivity index (χ1n) is 23.3. The van der Waals surface area contributed by atoms with Gasteiger partial charge in [0.25, 0.3) is 0 Å². The number of β-amino-alcohol motifs (C(OH)–C–C–N with tert-alkyl or cyclic N) is 1. The Kier molecular flexibility index (Phi) is 18.0. The van der Waals surface area contributed by atoms with E-state index in [0.29, 0.717) is 44.8 Å². The molecular weight excluding hydrogens is 891 g/mol. The van der Waals surface area contributed by atoms with Gasteiger partial charge in [-0.1, -0.05) is 76.8 Å². The summed E-state index contributed by atoms with van der Waals surface area (Å²) in [5.41, 5.74) is 5.47. The third kappa shape index (κ3) is 14.4. The molecule has 362 valence electrons. The molecule has 2 aliphatic rings. The molecule has 2 aromatic heterocycles. The van der Waals surface area contributed by atoms with Crippen molar-refractivity contribution >= 4 is 50.8 Å². The number of urea groups is 1. The summed E-state index contributed by atoms with van der Waals surface area (Å²) < 4.78 is 28.3. The fraction of sp³-hybridized carbons (Fsp3) is 0.510. The maximum Gasteiger partial charge on any atom is 0.319 e. The van der Waals surface area contributed by atoms with Crippen molar-refractivity contribution in [3.8, 4) is 10.4 Å². The Bertz CT molecular complexity index is 2370. The Labute approximate surface area is 399 Å². The van der Waals surface area contributed by atoms with Gasteiger partial charge in [-0.05, 0) is 85.7 Å². The zero-order valence-corrected chi connectivity index (χ0v) is 41.0. The lowest BCUT2D eigenvalue weighted by molar-refractivity contribution is -0.144. The number of benzene rings is 2. The summed E-state index contributed by atoms with van der Waals surface area (Å²) in [5, 5.41) is 22.1. The van der Waals surface area contributed by atoms with Crippen LogP contribution in [0.2, 0.25) is 0 Å². The number of amides is 5. The molecule has 0 bridgehead atoms. The summed E-state index contributed by atoms with van der Waals surface area (Å²) in [6, 6.07) is 15.4. The van der Waals surface area contributed by atoms with E-state index >= 15 is 0 Å². The lowest BCUT2D eigenvalue weighted by atomic mass is 9.85. The third-order valence-electron chi connectivity index (χ3n) is 12.4. The second-order valence-electron chi connectivity index (χ2n) is 18.7. The molecule has 5 amide bonds. The maximum atomic E-state index is 14.1. The molecule has 0 unspecified atom stereocenters. The number of pyridine rings is 1. The quantitative estimate of drug-likeness (QED) is 0.0631. The van der Waals surface area contributed by atoms with Crippen molar-refractivity contribution in [1.82, 2.24) is 40.0 Å². The number of sulfonamides is 1. The highest BCUT2D eigenvalue weighted by Gasteiger charge is 2.44. The van der Waals surface area contributed by atoms with Crippen molar-refractivity contribution in [3.63, 3.8) is 0 Å². The number of piperazine rings is 1. The molecule has 18 heteroatoms. The number of aryl methyl sites for hydroxylation is 1. The van der Waals surface area contributed by atoms with E-state index in [4.69, 9.17) is 0 Å². The lowest BCUT2D eigenvalue weighted by Gasteiger charge is -2.35. The number of aliphatic hydroxyl groups is 1. The van der Waals surface area contributed by atoms with E-state index in [1.807, 2.05) is 70.5 Å². The summed E-state index contributed by atoms with van der Waals surface area (Å²) in [4.78, 5) is 66.6. The summed E-state index contributed by atoms with van der Waals surface area (Å²) in [7, 11) is -3.67. The van der Waals surface area contributed by atoms with Crippen molar-refractivity contribution in [2.24, 2.45) is 5.41 Å². The first kappa shape index (κ1) is 51.1. The number of anilines is 1. The van der Waals surface area contributed by atoms with Crippen LogP contribution in [0.3, 0.4) is 0 Å². The number of unbranched alkanes of at least 4 members (excludes halogenated alkanes) is 5. The molecule has 2 aromatic carbocycles. The molecule has 2 saturated heterocycles. The highest BCUT2D eigenvalue weighted by Crippen LogP contribution is 2.30. The SMILES string of the molecule is Cc1ncsc1-c1ccc([C@H](C)NC(=O)[C@@H]2C[C@@H](O)CN2C(=O)[C@@H](NC(=O)CCCCCCCCN2CCN(S(=O)(=O)c3ccc(NC(=O)NCc4cccnc4)cc3)CC2)C(C)(C)C)cc1. The van der Waals surface area contributed by atoms with E-state index in [-0.39, 0.29) is 48.0 Å². The molecule has 0 aliphatic carbocycles. The number of aliphatic hydroxyl groups excluding tert-OH is 1. The molecule has 4 aromatic rings. The molecule has 0 saturated carbocycles. The Morgan fingerprint density at radius 3 is 2.22 bits per heavy atom. The molecule has 0 radical (unpaired) electrons. The monoisotopic (exact) mass is 957 g/mol. The van der Waals surface area contributed by atoms with Crippen LogP contribution in [-0.4, -0.2) is 119 Å². The number of nitrogens with one attached hydrogen (secondary N) is 4. The van der Waals surface area contributed by atoms with Crippen LogP contribution in [0.4, 0.5) is 10.5 Å². The number of carbonyl (C=O) groups excluding carboxylic acids is 4. The van der Waals surface area contributed by atoms with Crippen LogP contribution in [0, 0.1) is 12.3 Å². The van der Waals surface area contributed by atoms with Crippen molar-refractivity contribution < 1.29 is 32.7 Å². The van der Waals surface area contributed by atoms with E-state index in [0.717, 1.165) is 65.9 Å². The Morgan fingerprint density at radius 1 is 0.896 bits per heavy atom. The number of carbonyl (C=O) groups is 4. The second kappa shape index (κ2) is 23.6. The van der Waals surface area contributed by atoms with Crippen molar-refractivity contribution in [2.45, 2.75) is 122 Å². The van der Waals surface area contributed by atoms with Crippen molar-refractivity contribution in [3.05, 3.63) is 95.4 Å². The van der Waals surface area contributed by atoms with Gasteiger partial charge in [-0.2, -0.15) is 4.31 Å². The Balaban J connectivity index is 0.854. The molecule has 2 fully saturated rings. The summed E-state index contributed by atoms with van der Waals surface area (Å²) in [6.45, 7) is 12.9. The van der Waals surface area contributed by atoms with Crippen LogP contribution in [0.25, 0.3) is 10.4 Å². The van der Waals surface area contributed by atoms with Crippen LogP contribution in [0.1, 0.15) is 102 Å². The second-order valence-corrected chi connectivity index (χ2v) is 21.5. The largest absolute Gasteiger partial charge is 0.391 e. The minimum absolute atomic E-state index is 0.0156. The summed E-state index contributed by atoms with van der Waals surface area (Å²) in [6.07, 6.45) is 8.47. The first-order chi connectivity index (χ1) is 32.0. The number of hydrogen-bond donors (Lipinski definition) is 5. The molecule has 4 atom stereocenters. The van der Waals surface area contributed by atoms with E-state index in [1.54, 1.807) is 41.9 Å². The molecule has 67 heavy (non-hydrogen) atoms. The van der Waals surface area contributed by atoms with E-state index in [1.165, 1.54) is 21.3 Å². The Morgan fingerprint density at radius 2 is 1.58 bits per heavy atom. The first-order valence-corrected chi connectivity index (χ1v) is 25.7. The predicted molar refractivity (Wildman–Crippen MR) is 260 cm³/mol. The molecule has 2 aliphatic heterocycles. The van der Waals surface area contributed by atoms with E-state index < -0.39 is 39.7 Å². The molecule has 6 rings (SSSR count). The fourth-order valence-electron chi connectivity index (χ4n) is 8.49. The minimum atomic E-state index is -3.67. The minimum Gasteiger partial charge on any atom is -0.391 e. The van der Waals surface area contributed by atoms with Crippen molar-refractivity contribution in [1.29, 1.82) is 0 Å². The summed E-state index contributed by atoms with van der Waals surface area (Å²) >= 11 is 1.58. The van der Waals surface area contributed by atoms with Gasteiger partial charge in [0, 0.05) is 70.2 Å². The Hall–Kier alpha value is -5.27. The van der Waals surface area contributed by atoms with Gasteiger partial charge in [-0.25, -0.2) is 18.2 Å². The zero-order chi connectivity index (χ0) is 48.1. The van der Waals surface area contributed by atoms with Gasteiger partial charge in [-0.15, -0.1) is 11.3 Å². The van der Waals surface area contributed by atoms with Gasteiger partial charge in [0.15, 0.2) is 0 Å². The number of likely N-dealkylation sites (tertiary alicyclic amines) is 1. The van der Waals surface area contributed by atoms with Crippen molar-refractivity contribution in [2.75, 3.05) is 44.6 Å². The maximum absolute atomic E-state index is 14.1. The van der Waals surface area contributed by atoms with Gasteiger partial charge in [0.05, 0.1) is 33.1 Å². The predicted octanol–water partition coefficient (Wildman–Crippen LogP) is 6.24. The zero-order valence-electron chi connectivity index (χ0n) is 39.4. The van der Waals surface area contributed by atoms with Gasteiger partial charge < -0.3 is 36.2 Å². The number of hydrogen-bond acceptors (Lipinski definition) is 11. The molecule has 16 nitrogen and oxygen atoms in total. The molecule has 4 heterocycles. The van der Waals surface area contributed by atoms with E-state index in [9.17, 15) is 32.7 Å². The van der Waals surface area contributed by atoms with Gasteiger partial charge in [0.2, 0.25) is 27.7 Å². The van der Waals surface area contributed by atoms with Crippen LogP contribution < -0.4 is 21.3 Å². The highest BCUT2D eigenvalue weighted by molar-refractivity contribution is 7.89. The van der Waals surface area contributed by atoms with Crippen LogP contribution >= 0.6 is 11.3 Å². The standard InChI is InChI=1S/C49H67N9O7S2/c1-34(37-15-17-38(18-16-37)44-35(2)52-33-66-44)53-46(61)42-29-40(59)32-58(42)47(62)45(49(3,4)5)55-43(60)14-10-8-6-7-9-11-24-56-25-27-57(28-26-56)67(64,65)41-21-19-39(20-22-41)54-48(63)51-31-36-13-12-23-50-30-36/h12-13,15-23,30,33-34,40,42,45,59H,6-11,14,24-29,31-32H2,1-5H3,(H,53,61)(H,55,60)(H2,51,54,63)/t34-,40+,42-,45+/m0/s1. The smallest absolute Gasteiger partial charge is 0.319 e. The number of rotatable bonds is 20. The summed E-state index contributed by atoms with van der Waals surface area (Å²) in [5.74, 6) is -0.937. The van der Waals surface area contributed by atoms with Crippen LogP contribution in [0.15, 0.2) is 83.5 Å². The lowest BCUT2D eigenvalue weighted by Crippen LogP contribution is -2.57. The van der Waals surface area contributed by atoms with E-state index in [2.05, 4.69) is 36.1 Å². The van der Waals surface area contributed by atoms with Gasteiger partial charge in [0.1, 0.15) is 12.1 Å². The average Bonchev–Trinajstić information content (AvgIpc) is 3.93. The topological polar surface area (TPSA) is 206 Å². The normalized spacial score (nSPS) is 18.0. The molecule has 5 N–H and O–H groups in total. The average molecular weight is 958 g/mol. The number of aromatic nitrogens is 2. The molecular formula is C49H67N9O7S2.